The van der Waals surface area contributed by atoms with Crippen molar-refractivity contribution in [1.29, 1.82) is 5.26 Å². The Morgan fingerprint density at radius 2 is 1.97 bits per heavy atom. The van der Waals surface area contributed by atoms with E-state index in [4.69, 9.17) is 5.26 Å². The van der Waals surface area contributed by atoms with Gasteiger partial charge in [-0.05, 0) is 118 Å². The van der Waals surface area contributed by atoms with Crippen molar-refractivity contribution in [3.8, 4) is 6.07 Å². The second-order valence-electron chi connectivity index (χ2n) is 12.0. The summed E-state index contributed by atoms with van der Waals surface area (Å²) in [7, 11) is 0. The maximum Gasteiger partial charge on any atom is 0.102 e. The lowest BCUT2D eigenvalue weighted by atomic mass is 9.47. The van der Waals surface area contributed by atoms with E-state index in [2.05, 4.69) is 31.9 Å². The molecule has 0 saturated heterocycles. The van der Waals surface area contributed by atoms with Crippen molar-refractivity contribution in [3.63, 3.8) is 0 Å². The fourth-order valence-corrected chi connectivity index (χ4v) is 9.43. The van der Waals surface area contributed by atoms with Crippen molar-refractivity contribution in [1.82, 2.24) is 9.78 Å². The first-order valence-electron chi connectivity index (χ1n) is 13.0. The summed E-state index contributed by atoms with van der Waals surface area (Å²) in [5, 5.41) is 24.2. The molecule has 4 saturated carbocycles. The summed E-state index contributed by atoms with van der Waals surface area (Å²) in [5.74, 6) is 5.77. The number of nitriles is 1. The van der Waals surface area contributed by atoms with Crippen LogP contribution in [0.3, 0.4) is 0 Å². The highest BCUT2D eigenvalue weighted by molar-refractivity contribution is 5.21. The van der Waals surface area contributed by atoms with Gasteiger partial charge >= 0.3 is 0 Å². The van der Waals surface area contributed by atoms with Crippen molar-refractivity contribution in [2.75, 3.05) is 0 Å². The zero-order valence-corrected chi connectivity index (χ0v) is 19.8. The normalized spacial score (nSPS) is 45.3. The molecular formula is C27H41N3O. The summed E-state index contributed by atoms with van der Waals surface area (Å²) in [6.45, 7) is 7.91. The van der Waals surface area contributed by atoms with Gasteiger partial charge in [0.25, 0.3) is 0 Å². The monoisotopic (exact) mass is 423 g/mol. The Hall–Kier alpha value is -1.34. The van der Waals surface area contributed by atoms with Crippen LogP contribution in [0.2, 0.25) is 0 Å². The van der Waals surface area contributed by atoms with E-state index in [-0.39, 0.29) is 0 Å². The molecule has 1 heterocycles. The zero-order valence-electron chi connectivity index (χ0n) is 19.8. The molecule has 1 aromatic rings. The van der Waals surface area contributed by atoms with Crippen LogP contribution in [0.15, 0.2) is 12.4 Å². The van der Waals surface area contributed by atoms with Gasteiger partial charge in [0.1, 0.15) is 6.07 Å². The Morgan fingerprint density at radius 1 is 1.16 bits per heavy atom. The lowest BCUT2D eigenvalue weighted by Crippen LogP contribution is -2.51. The Morgan fingerprint density at radius 3 is 2.71 bits per heavy atom. The quantitative estimate of drug-likeness (QED) is 0.665. The molecule has 0 aliphatic heterocycles. The first-order chi connectivity index (χ1) is 14.9. The number of rotatable bonds is 4. The molecule has 31 heavy (non-hydrogen) atoms. The van der Waals surface area contributed by atoms with Crippen LogP contribution in [-0.2, 0) is 6.54 Å². The Bertz CT molecular complexity index is 838. The van der Waals surface area contributed by atoms with Gasteiger partial charge in [-0.2, -0.15) is 10.4 Å². The van der Waals surface area contributed by atoms with Crippen molar-refractivity contribution < 1.29 is 5.11 Å². The summed E-state index contributed by atoms with van der Waals surface area (Å²) in [6, 6.07) is 2.21. The first-order valence-corrected chi connectivity index (χ1v) is 13.0. The van der Waals surface area contributed by atoms with Gasteiger partial charge in [-0.1, -0.05) is 13.8 Å². The van der Waals surface area contributed by atoms with Crippen LogP contribution in [0.5, 0.6) is 0 Å². The number of hydrogen-bond donors (Lipinski definition) is 1. The van der Waals surface area contributed by atoms with Crippen molar-refractivity contribution >= 4 is 0 Å². The van der Waals surface area contributed by atoms with Gasteiger partial charge in [0.2, 0.25) is 0 Å². The molecule has 170 valence electrons. The van der Waals surface area contributed by atoms with Gasteiger partial charge in [-0.15, -0.1) is 0 Å². The average molecular weight is 424 g/mol. The Kier molecular flexibility index (Phi) is 5.48. The lowest BCUT2D eigenvalue weighted by molar-refractivity contribution is -0.108. The molecule has 4 heteroatoms. The largest absolute Gasteiger partial charge is 0.390 e. The molecule has 4 aliphatic carbocycles. The zero-order chi connectivity index (χ0) is 21.8. The van der Waals surface area contributed by atoms with Gasteiger partial charge in [-0.3, -0.25) is 4.68 Å². The first kappa shape index (κ1) is 21.5. The third kappa shape index (κ3) is 3.56. The third-order valence-corrected chi connectivity index (χ3v) is 10.6. The van der Waals surface area contributed by atoms with Gasteiger partial charge < -0.3 is 5.11 Å². The van der Waals surface area contributed by atoms with Crippen molar-refractivity contribution in [2.24, 2.45) is 46.8 Å². The minimum Gasteiger partial charge on any atom is -0.390 e. The SMILES string of the molecule is CC[C@]12CC[C@@H]3C4CC[C@@](C)(O)CC4CCC3[C@@H]1CC[C@@H]2C(C)Cn1cc(C#N)cn1. The van der Waals surface area contributed by atoms with Crippen LogP contribution in [0.4, 0.5) is 0 Å². The van der Waals surface area contributed by atoms with Crippen molar-refractivity contribution in [3.05, 3.63) is 18.0 Å². The minimum absolute atomic E-state index is 0.415. The average Bonchev–Trinajstić information content (AvgIpc) is 3.37. The summed E-state index contributed by atoms with van der Waals surface area (Å²) in [4.78, 5) is 0. The molecule has 1 aromatic heterocycles. The molecule has 0 bridgehead atoms. The summed E-state index contributed by atoms with van der Waals surface area (Å²) in [5.41, 5.74) is 0.769. The van der Waals surface area contributed by atoms with E-state index in [9.17, 15) is 5.11 Å². The van der Waals surface area contributed by atoms with Crippen LogP contribution in [0, 0.1) is 58.2 Å². The predicted octanol–water partition coefficient (Wildman–Crippen LogP) is 5.80. The van der Waals surface area contributed by atoms with E-state index in [1.54, 1.807) is 6.20 Å². The molecule has 4 fully saturated rings. The number of aromatic nitrogens is 2. The summed E-state index contributed by atoms with van der Waals surface area (Å²) >= 11 is 0. The smallest absolute Gasteiger partial charge is 0.102 e. The minimum atomic E-state index is -0.415. The van der Waals surface area contributed by atoms with E-state index >= 15 is 0 Å². The lowest BCUT2D eigenvalue weighted by Gasteiger charge is -2.58. The standard InChI is InChI=1S/C27H41N3O/c1-4-27-12-10-22-21-9-11-26(3,31)13-20(21)5-6-23(22)25(27)8-7-24(27)18(2)16-30-17-19(14-28)15-29-30/h15,17-18,20-25,31H,4-13,16H2,1-3H3/t18?,20?,21?,22-,23?,24-,25+,26-,27-/m1/s1. The molecule has 0 amide bonds. The van der Waals surface area contributed by atoms with Crippen LogP contribution in [0.25, 0.3) is 0 Å². The fourth-order valence-electron chi connectivity index (χ4n) is 9.43. The van der Waals surface area contributed by atoms with Crippen LogP contribution < -0.4 is 0 Å². The molecular weight excluding hydrogens is 382 g/mol. The Labute approximate surface area is 188 Å². The van der Waals surface area contributed by atoms with Crippen LogP contribution in [-0.4, -0.2) is 20.5 Å². The number of fused-ring (bicyclic) bond motifs is 5. The highest BCUT2D eigenvalue weighted by Crippen LogP contribution is 2.67. The Balaban J connectivity index is 1.33. The molecule has 0 spiro atoms. The van der Waals surface area contributed by atoms with E-state index in [0.29, 0.717) is 16.9 Å². The third-order valence-electron chi connectivity index (χ3n) is 10.6. The van der Waals surface area contributed by atoms with Gasteiger partial charge in [-0.25, -0.2) is 0 Å². The van der Waals surface area contributed by atoms with E-state index in [0.717, 1.165) is 54.9 Å². The van der Waals surface area contributed by atoms with Gasteiger partial charge in [0.15, 0.2) is 0 Å². The number of hydrogen-bond acceptors (Lipinski definition) is 3. The molecule has 5 rings (SSSR count). The number of aliphatic hydroxyl groups is 1. The van der Waals surface area contributed by atoms with E-state index in [1.807, 2.05) is 10.9 Å². The predicted molar refractivity (Wildman–Crippen MR) is 122 cm³/mol. The molecule has 1 N–H and O–H groups in total. The second kappa shape index (κ2) is 7.91. The summed E-state index contributed by atoms with van der Waals surface area (Å²) in [6.07, 6.45) is 16.6. The highest BCUT2D eigenvalue weighted by Gasteiger charge is 2.59. The fraction of sp³-hybridized carbons (Fsp3) is 0.852. The molecule has 4 aliphatic rings. The molecule has 4 unspecified atom stereocenters. The maximum absolute atomic E-state index is 10.6. The second-order valence-corrected chi connectivity index (χ2v) is 12.0. The molecule has 0 radical (unpaired) electrons. The molecule has 0 aromatic carbocycles. The van der Waals surface area contributed by atoms with Gasteiger partial charge in [0.05, 0.1) is 17.4 Å². The van der Waals surface area contributed by atoms with Crippen LogP contribution >= 0.6 is 0 Å². The molecule has 9 atom stereocenters. The maximum atomic E-state index is 10.6. The topological polar surface area (TPSA) is 61.8 Å². The van der Waals surface area contributed by atoms with E-state index < -0.39 is 5.60 Å². The van der Waals surface area contributed by atoms with Gasteiger partial charge in [0, 0.05) is 12.7 Å². The molecule has 4 nitrogen and oxygen atoms in total. The highest BCUT2D eigenvalue weighted by atomic mass is 16.3. The number of nitrogens with zero attached hydrogens (tertiary/aromatic N) is 3. The van der Waals surface area contributed by atoms with Crippen LogP contribution in [0.1, 0.15) is 90.5 Å². The van der Waals surface area contributed by atoms with Crippen molar-refractivity contribution in [2.45, 2.75) is 97.1 Å². The summed E-state index contributed by atoms with van der Waals surface area (Å²) < 4.78 is 2.00. The van der Waals surface area contributed by atoms with E-state index in [1.165, 1.54) is 51.4 Å².